The lowest BCUT2D eigenvalue weighted by atomic mass is 10.1. The maximum absolute atomic E-state index is 12.4. The topological polar surface area (TPSA) is 75.4 Å². The number of hydrogen-bond acceptors (Lipinski definition) is 4. The van der Waals surface area contributed by atoms with E-state index >= 15 is 0 Å². The Labute approximate surface area is 163 Å². The van der Waals surface area contributed by atoms with Crippen molar-refractivity contribution >= 4 is 17.5 Å². The molecule has 0 spiro atoms. The summed E-state index contributed by atoms with van der Waals surface area (Å²) < 4.78 is 5.31. The van der Waals surface area contributed by atoms with Crippen LogP contribution in [0.15, 0.2) is 65.2 Å². The van der Waals surface area contributed by atoms with Crippen molar-refractivity contribution in [3.8, 4) is 11.3 Å². The molecule has 1 saturated heterocycles. The number of benzene rings is 2. The lowest BCUT2D eigenvalue weighted by molar-refractivity contribution is -0.119. The van der Waals surface area contributed by atoms with E-state index in [9.17, 15) is 9.59 Å². The molecule has 0 saturated carbocycles. The van der Waals surface area contributed by atoms with Crippen LogP contribution in [-0.4, -0.2) is 23.5 Å². The number of carbonyl (C=O) groups is 2. The smallest absolute Gasteiger partial charge is 0.251 e. The molecule has 28 heavy (non-hydrogen) atoms. The molecule has 2 amide bonds. The molecule has 0 bridgehead atoms. The molecular weight excluding hydrogens is 354 g/mol. The number of rotatable bonds is 5. The predicted molar refractivity (Wildman–Crippen MR) is 106 cm³/mol. The van der Waals surface area contributed by atoms with Crippen LogP contribution in [0.1, 0.15) is 35.4 Å². The summed E-state index contributed by atoms with van der Waals surface area (Å²) >= 11 is 0. The number of anilines is 1. The van der Waals surface area contributed by atoms with Crippen LogP contribution in [0.4, 0.5) is 5.69 Å². The summed E-state index contributed by atoms with van der Waals surface area (Å²) in [5.74, 6) is 0.528. The summed E-state index contributed by atoms with van der Waals surface area (Å²) in [5, 5.41) is 6.88. The van der Waals surface area contributed by atoms with E-state index in [2.05, 4.69) is 10.5 Å². The van der Waals surface area contributed by atoms with Crippen molar-refractivity contribution in [3.05, 3.63) is 72.0 Å². The molecule has 0 atom stereocenters. The van der Waals surface area contributed by atoms with Crippen LogP contribution in [0, 0.1) is 0 Å². The first-order valence-corrected chi connectivity index (χ1v) is 9.40. The number of aromatic nitrogens is 1. The Kier molecular flexibility index (Phi) is 5.19. The number of nitrogens with one attached hydrogen (secondary N) is 1. The molecule has 6 heteroatoms. The summed E-state index contributed by atoms with van der Waals surface area (Å²) in [6.45, 7) is 0.991. The zero-order valence-corrected chi connectivity index (χ0v) is 15.4. The first-order chi connectivity index (χ1) is 13.7. The Morgan fingerprint density at radius 1 is 1.07 bits per heavy atom. The second-order valence-electron chi connectivity index (χ2n) is 6.78. The van der Waals surface area contributed by atoms with Crippen molar-refractivity contribution in [1.29, 1.82) is 0 Å². The van der Waals surface area contributed by atoms with Crippen molar-refractivity contribution < 1.29 is 14.1 Å². The van der Waals surface area contributed by atoms with Gasteiger partial charge in [-0.3, -0.25) is 9.59 Å². The van der Waals surface area contributed by atoms with Gasteiger partial charge in [-0.1, -0.05) is 35.5 Å². The van der Waals surface area contributed by atoms with Crippen molar-refractivity contribution in [2.24, 2.45) is 0 Å². The van der Waals surface area contributed by atoms with Crippen LogP contribution in [-0.2, 0) is 11.3 Å². The molecule has 0 radical (unpaired) electrons. The van der Waals surface area contributed by atoms with E-state index in [-0.39, 0.29) is 18.4 Å². The van der Waals surface area contributed by atoms with E-state index in [0.29, 0.717) is 17.7 Å². The van der Waals surface area contributed by atoms with E-state index in [1.165, 1.54) is 0 Å². The highest BCUT2D eigenvalue weighted by atomic mass is 16.5. The van der Waals surface area contributed by atoms with Gasteiger partial charge in [0.2, 0.25) is 5.91 Å². The summed E-state index contributed by atoms with van der Waals surface area (Å²) in [6.07, 6.45) is 2.55. The molecule has 4 rings (SSSR count). The van der Waals surface area contributed by atoms with Crippen LogP contribution in [0.25, 0.3) is 11.3 Å². The van der Waals surface area contributed by atoms with Crippen LogP contribution in [0.5, 0.6) is 0 Å². The van der Waals surface area contributed by atoms with Crippen LogP contribution in [0.2, 0.25) is 0 Å². The third-order valence-electron chi connectivity index (χ3n) is 4.82. The van der Waals surface area contributed by atoms with Crippen LogP contribution < -0.4 is 10.2 Å². The first-order valence-electron chi connectivity index (χ1n) is 9.40. The number of nitrogens with zero attached hydrogens (tertiary/aromatic N) is 2. The Morgan fingerprint density at radius 2 is 1.86 bits per heavy atom. The normalized spacial score (nSPS) is 14.1. The lowest BCUT2D eigenvalue weighted by Gasteiger charge is -2.26. The van der Waals surface area contributed by atoms with Gasteiger partial charge in [0.25, 0.3) is 5.91 Å². The Bertz CT molecular complexity index is 964. The van der Waals surface area contributed by atoms with Gasteiger partial charge in [-0.2, -0.15) is 0 Å². The molecule has 2 aromatic carbocycles. The maximum atomic E-state index is 12.4. The van der Waals surface area contributed by atoms with Gasteiger partial charge in [0, 0.05) is 35.8 Å². The minimum absolute atomic E-state index is 0.142. The summed E-state index contributed by atoms with van der Waals surface area (Å²) in [4.78, 5) is 26.2. The molecule has 3 aromatic rings. The molecule has 1 aliphatic rings. The molecule has 1 aromatic heterocycles. The third kappa shape index (κ3) is 3.96. The highest BCUT2D eigenvalue weighted by Crippen LogP contribution is 2.21. The highest BCUT2D eigenvalue weighted by molar-refractivity contribution is 5.96. The fourth-order valence-corrected chi connectivity index (χ4v) is 3.28. The first kappa shape index (κ1) is 18.0. The highest BCUT2D eigenvalue weighted by Gasteiger charge is 2.19. The van der Waals surface area contributed by atoms with Gasteiger partial charge in [-0.25, -0.2) is 0 Å². The van der Waals surface area contributed by atoms with Gasteiger partial charge in [0.1, 0.15) is 5.69 Å². The number of hydrogen-bond donors (Lipinski definition) is 1. The van der Waals surface area contributed by atoms with Gasteiger partial charge in [-0.15, -0.1) is 0 Å². The fraction of sp³-hybridized carbons (Fsp3) is 0.227. The van der Waals surface area contributed by atoms with E-state index < -0.39 is 0 Å². The Morgan fingerprint density at radius 3 is 2.61 bits per heavy atom. The minimum Gasteiger partial charge on any atom is -0.359 e. The van der Waals surface area contributed by atoms with Gasteiger partial charge in [0.15, 0.2) is 5.76 Å². The lowest BCUT2D eigenvalue weighted by Crippen LogP contribution is -2.35. The number of piperidine rings is 1. The van der Waals surface area contributed by atoms with Crippen molar-refractivity contribution in [1.82, 2.24) is 10.5 Å². The zero-order valence-electron chi connectivity index (χ0n) is 15.4. The zero-order chi connectivity index (χ0) is 19.3. The average Bonchev–Trinajstić information content (AvgIpc) is 3.22. The predicted octanol–water partition coefficient (Wildman–Crippen LogP) is 3.79. The standard InChI is InChI=1S/C22H21N3O3/c26-21-8-4-5-13-25(21)18-11-9-17(10-12-18)22(27)23-15-19-14-20(24-28-19)16-6-2-1-3-7-16/h1-3,6-7,9-12,14H,4-5,8,13,15H2,(H,23,27). The summed E-state index contributed by atoms with van der Waals surface area (Å²) in [6, 6.07) is 18.7. The number of amides is 2. The minimum atomic E-state index is -0.200. The molecule has 6 nitrogen and oxygen atoms in total. The van der Waals surface area contributed by atoms with E-state index in [1.54, 1.807) is 17.0 Å². The fourth-order valence-electron chi connectivity index (χ4n) is 3.28. The molecule has 0 aliphatic carbocycles. The molecule has 2 heterocycles. The summed E-state index contributed by atoms with van der Waals surface area (Å²) in [5.41, 5.74) is 3.08. The SMILES string of the molecule is O=C(NCc1cc(-c2ccccc2)no1)c1ccc(N2CCCCC2=O)cc1. The third-order valence-corrected chi connectivity index (χ3v) is 4.82. The largest absolute Gasteiger partial charge is 0.359 e. The van der Waals surface area contributed by atoms with Gasteiger partial charge < -0.3 is 14.7 Å². The average molecular weight is 375 g/mol. The molecule has 142 valence electrons. The molecule has 1 fully saturated rings. The van der Waals surface area contributed by atoms with E-state index in [4.69, 9.17) is 4.52 Å². The Hall–Kier alpha value is -3.41. The van der Waals surface area contributed by atoms with E-state index in [0.717, 1.165) is 36.3 Å². The molecule has 1 N–H and O–H groups in total. The van der Waals surface area contributed by atoms with Crippen molar-refractivity contribution in [2.75, 3.05) is 11.4 Å². The number of carbonyl (C=O) groups excluding carboxylic acids is 2. The second kappa shape index (κ2) is 8.08. The van der Waals surface area contributed by atoms with Crippen LogP contribution in [0.3, 0.4) is 0 Å². The van der Waals surface area contributed by atoms with Gasteiger partial charge in [0.05, 0.1) is 6.54 Å². The maximum Gasteiger partial charge on any atom is 0.251 e. The van der Waals surface area contributed by atoms with Gasteiger partial charge in [-0.05, 0) is 37.1 Å². The molecule has 0 unspecified atom stereocenters. The summed E-state index contributed by atoms with van der Waals surface area (Å²) in [7, 11) is 0. The van der Waals surface area contributed by atoms with E-state index in [1.807, 2.05) is 48.5 Å². The van der Waals surface area contributed by atoms with Crippen molar-refractivity contribution in [3.63, 3.8) is 0 Å². The molecular formula is C22H21N3O3. The van der Waals surface area contributed by atoms with Crippen molar-refractivity contribution in [2.45, 2.75) is 25.8 Å². The second-order valence-corrected chi connectivity index (χ2v) is 6.78. The van der Waals surface area contributed by atoms with Crippen LogP contribution >= 0.6 is 0 Å². The molecule has 1 aliphatic heterocycles. The monoisotopic (exact) mass is 375 g/mol. The van der Waals surface area contributed by atoms with Gasteiger partial charge >= 0.3 is 0 Å². The quantitative estimate of drug-likeness (QED) is 0.736. The Balaban J connectivity index is 1.36.